The Kier molecular flexibility index (Phi) is 1.82. The first-order valence-electron chi connectivity index (χ1n) is 5.88. The van der Waals surface area contributed by atoms with Crippen molar-refractivity contribution in [3.63, 3.8) is 0 Å². The van der Waals surface area contributed by atoms with Gasteiger partial charge in [0.05, 0.1) is 6.04 Å². The minimum absolute atomic E-state index is 0.131. The van der Waals surface area contributed by atoms with E-state index in [0.29, 0.717) is 12.0 Å². The summed E-state index contributed by atoms with van der Waals surface area (Å²) in [5, 5.41) is 6.21. The second kappa shape index (κ2) is 2.97. The Morgan fingerprint density at radius 3 is 2.80 bits per heavy atom. The molecule has 2 atom stereocenters. The van der Waals surface area contributed by atoms with Crippen molar-refractivity contribution in [2.75, 3.05) is 0 Å². The Morgan fingerprint density at radius 2 is 2.20 bits per heavy atom. The van der Waals surface area contributed by atoms with Gasteiger partial charge < -0.3 is 5.32 Å². The predicted molar refractivity (Wildman–Crippen MR) is 57.5 cm³/mol. The van der Waals surface area contributed by atoms with Crippen LogP contribution in [0.4, 0.5) is 0 Å². The lowest BCUT2D eigenvalue weighted by molar-refractivity contribution is -0.124. The molecule has 1 aliphatic heterocycles. The molecule has 82 valence electrons. The fraction of sp³-hybridized carbons (Fsp3) is 0.818. The molecule has 2 saturated carbocycles. The van der Waals surface area contributed by atoms with E-state index in [-0.39, 0.29) is 11.4 Å². The topological polar surface area (TPSA) is 53.5 Å². The molecule has 0 aromatic heterocycles. The fourth-order valence-corrected chi connectivity index (χ4v) is 2.67. The summed E-state index contributed by atoms with van der Waals surface area (Å²) >= 11 is 0. The lowest BCUT2D eigenvalue weighted by Gasteiger charge is -2.25. The van der Waals surface area contributed by atoms with Gasteiger partial charge in [-0.1, -0.05) is 13.3 Å². The van der Waals surface area contributed by atoms with E-state index in [1.165, 1.54) is 12.8 Å². The van der Waals surface area contributed by atoms with E-state index in [1.54, 1.807) is 0 Å². The summed E-state index contributed by atoms with van der Waals surface area (Å²) in [5.41, 5.74) is -0.340. The molecule has 2 unspecified atom stereocenters. The maximum absolute atomic E-state index is 12.0. The highest BCUT2D eigenvalue weighted by Gasteiger charge is 2.51. The minimum Gasteiger partial charge on any atom is -0.341 e. The molecule has 2 aliphatic carbocycles. The van der Waals surface area contributed by atoms with E-state index in [9.17, 15) is 4.79 Å². The number of hydrogen-bond donors (Lipinski definition) is 2. The molecule has 4 nitrogen and oxygen atoms in total. The summed E-state index contributed by atoms with van der Waals surface area (Å²) in [6, 6.07) is 0.458. The molecule has 3 aliphatic rings. The van der Waals surface area contributed by atoms with Crippen molar-refractivity contribution in [3.05, 3.63) is 0 Å². The molecule has 0 bridgehead atoms. The molecule has 15 heavy (non-hydrogen) atoms. The highest BCUT2D eigenvalue weighted by atomic mass is 16.2. The van der Waals surface area contributed by atoms with Crippen molar-refractivity contribution in [1.82, 2.24) is 10.6 Å². The third-order valence-electron chi connectivity index (χ3n) is 3.89. The largest absolute Gasteiger partial charge is 0.341 e. The third-order valence-corrected chi connectivity index (χ3v) is 3.89. The van der Waals surface area contributed by atoms with Crippen LogP contribution in [-0.2, 0) is 4.79 Å². The standard InChI is InChI=1S/C11H17N3O/c1-7-3-2-6-11(7)9(15)13-10(14-11)12-8-4-5-8/h7-8H,2-6H2,1H3,(H2,12,13,14,15). The van der Waals surface area contributed by atoms with Gasteiger partial charge in [0.25, 0.3) is 5.91 Å². The molecule has 1 heterocycles. The Balaban J connectivity index is 1.83. The van der Waals surface area contributed by atoms with Crippen molar-refractivity contribution in [3.8, 4) is 0 Å². The molecule has 4 heteroatoms. The van der Waals surface area contributed by atoms with E-state index in [0.717, 1.165) is 25.2 Å². The normalized spacial score (nSPS) is 42.3. The van der Waals surface area contributed by atoms with Gasteiger partial charge in [-0.15, -0.1) is 0 Å². The first-order chi connectivity index (χ1) is 7.21. The van der Waals surface area contributed by atoms with Crippen molar-refractivity contribution in [2.45, 2.75) is 50.6 Å². The maximum Gasteiger partial charge on any atom is 0.252 e. The lowest BCUT2D eigenvalue weighted by atomic mass is 9.89. The summed E-state index contributed by atoms with van der Waals surface area (Å²) < 4.78 is 0. The van der Waals surface area contributed by atoms with Gasteiger partial charge in [-0.2, -0.15) is 0 Å². The number of amides is 1. The van der Waals surface area contributed by atoms with Crippen LogP contribution in [0.5, 0.6) is 0 Å². The molecule has 3 fully saturated rings. The highest BCUT2D eigenvalue weighted by molar-refractivity contribution is 6.09. The number of guanidine groups is 1. The van der Waals surface area contributed by atoms with Gasteiger partial charge in [0.15, 0.2) is 5.96 Å². The molecular weight excluding hydrogens is 190 g/mol. The van der Waals surface area contributed by atoms with E-state index in [1.807, 2.05) is 0 Å². The second-order valence-corrected chi connectivity index (χ2v) is 5.05. The monoisotopic (exact) mass is 207 g/mol. The Labute approximate surface area is 89.5 Å². The molecule has 0 radical (unpaired) electrons. The minimum atomic E-state index is -0.340. The number of aliphatic imine (C=N–C) groups is 1. The van der Waals surface area contributed by atoms with Crippen molar-refractivity contribution < 1.29 is 4.79 Å². The van der Waals surface area contributed by atoms with Crippen LogP contribution in [0.3, 0.4) is 0 Å². The van der Waals surface area contributed by atoms with Crippen LogP contribution in [0.2, 0.25) is 0 Å². The first kappa shape index (κ1) is 9.19. The van der Waals surface area contributed by atoms with Crippen LogP contribution in [0.25, 0.3) is 0 Å². The molecule has 1 amide bonds. The van der Waals surface area contributed by atoms with E-state index < -0.39 is 0 Å². The maximum atomic E-state index is 12.0. The SMILES string of the molecule is CC1CCCC12NC(=NC1CC1)NC2=O. The van der Waals surface area contributed by atoms with Gasteiger partial charge in [0.1, 0.15) is 5.54 Å². The Morgan fingerprint density at radius 1 is 1.40 bits per heavy atom. The average molecular weight is 207 g/mol. The van der Waals surface area contributed by atoms with Crippen LogP contribution in [-0.4, -0.2) is 23.4 Å². The Bertz CT molecular complexity index is 335. The second-order valence-electron chi connectivity index (χ2n) is 5.05. The van der Waals surface area contributed by atoms with Crippen LogP contribution < -0.4 is 10.6 Å². The first-order valence-corrected chi connectivity index (χ1v) is 5.88. The van der Waals surface area contributed by atoms with Gasteiger partial charge in [0.2, 0.25) is 0 Å². The van der Waals surface area contributed by atoms with Crippen molar-refractivity contribution >= 4 is 11.9 Å². The molecule has 2 N–H and O–H groups in total. The smallest absolute Gasteiger partial charge is 0.252 e. The number of nitrogens with zero attached hydrogens (tertiary/aromatic N) is 1. The van der Waals surface area contributed by atoms with Gasteiger partial charge in [0, 0.05) is 0 Å². The Hall–Kier alpha value is -1.06. The molecule has 1 spiro atoms. The number of carbonyl (C=O) groups excluding carboxylic acids is 1. The van der Waals surface area contributed by atoms with Crippen LogP contribution >= 0.6 is 0 Å². The molecule has 0 aromatic rings. The summed E-state index contributed by atoms with van der Waals surface area (Å²) in [6.07, 6.45) is 5.56. The lowest BCUT2D eigenvalue weighted by Crippen LogP contribution is -2.49. The van der Waals surface area contributed by atoms with E-state index in [4.69, 9.17) is 0 Å². The summed E-state index contributed by atoms with van der Waals surface area (Å²) in [7, 11) is 0. The van der Waals surface area contributed by atoms with Crippen molar-refractivity contribution in [1.29, 1.82) is 0 Å². The van der Waals surface area contributed by atoms with Crippen molar-refractivity contribution in [2.24, 2.45) is 10.9 Å². The molecule has 3 rings (SSSR count). The number of rotatable bonds is 1. The fourth-order valence-electron chi connectivity index (χ4n) is 2.67. The predicted octanol–water partition coefficient (Wildman–Crippen LogP) is 0.783. The zero-order chi connectivity index (χ0) is 10.5. The number of carbonyl (C=O) groups is 1. The van der Waals surface area contributed by atoms with Crippen LogP contribution in [0.15, 0.2) is 4.99 Å². The van der Waals surface area contributed by atoms with Crippen LogP contribution in [0.1, 0.15) is 39.0 Å². The molecule has 0 aromatic carbocycles. The van der Waals surface area contributed by atoms with Crippen LogP contribution in [0, 0.1) is 5.92 Å². The van der Waals surface area contributed by atoms with Gasteiger partial charge in [-0.3, -0.25) is 10.1 Å². The third kappa shape index (κ3) is 1.34. The highest BCUT2D eigenvalue weighted by Crippen LogP contribution is 2.37. The van der Waals surface area contributed by atoms with E-state index >= 15 is 0 Å². The zero-order valence-electron chi connectivity index (χ0n) is 9.05. The summed E-state index contributed by atoms with van der Waals surface area (Å²) in [6.45, 7) is 2.15. The van der Waals surface area contributed by atoms with Gasteiger partial charge in [-0.05, 0) is 31.6 Å². The quantitative estimate of drug-likeness (QED) is 0.667. The number of nitrogens with one attached hydrogen (secondary N) is 2. The molecule has 1 saturated heterocycles. The summed E-state index contributed by atoms with van der Waals surface area (Å²) in [5.74, 6) is 1.27. The molecular formula is C11H17N3O. The van der Waals surface area contributed by atoms with E-state index in [2.05, 4.69) is 22.5 Å². The average Bonchev–Trinajstić information content (AvgIpc) is 2.84. The zero-order valence-corrected chi connectivity index (χ0v) is 9.05. The van der Waals surface area contributed by atoms with Gasteiger partial charge >= 0.3 is 0 Å². The number of hydrogen-bond acceptors (Lipinski definition) is 2. The summed E-state index contributed by atoms with van der Waals surface area (Å²) in [4.78, 5) is 16.4. The van der Waals surface area contributed by atoms with Gasteiger partial charge in [-0.25, -0.2) is 4.99 Å².